The molecule has 1 aliphatic rings. The summed E-state index contributed by atoms with van der Waals surface area (Å²) >= 11 is 6.27. The molecule has 0 saturated heterocycles. The van der Waals surface area contributed by atoms with E-state index in [9.17, 15) is 4.39 Å². The number of pyridine rings is 1. The van der Waals surface area contributed by atoms with E-state index in [1.807, 2.05) is 72.8 Å². The molecule has 0 amide bonds. The zero-order chi connectivity index (χ0) is 21.9. The quantitative estimate of drug-likeness (QED) is 0.358. The fourth-order valence-corrected chi connectivity index (χ4v) is 3.97. The molecule has 6 heteroatoms. The van der Waals surface area contributed by atoms with E-state index in [0.717, 1.165) is 22.6 Å². The van der Waals surface area contributed by atoms with E-state index < -0.39 is 6.17 Å². The maximum atomic E-state index is 14.2. The number of aromatic nitrogens is 3. The van der Waals surface area contributed by atoms with Gasteiger partial charge >= 0.3 is 0 Å². The number of benzene rings is 2. The molecule has 32 heavy (non-hydrogen) atoms. The number of hydrogen-bond donors (Lipinski definition) is 1. The molecular weight excluding hydrogens is 425 g/mol. The van der Waals surface area contributed by atoms with E-state index in [0.29, 0.717) is 47.4 Å². The van der Waals surface area contributed by atoms with Gasteiger partial charge in [0.05, 0.1) is 11.4 Å². The highest BCUT2D eigenvalue weighted by atomic mass is 35.5. The molecule has 0 spiro atoms. The van der Waals surface area contributed by atoms with Crippen molar-refractivity contribution in [3.8, 4) is 17.3 Å². The van der Waals surface area contributed by atoms with Crippen molar-refractivity contribution in [2.75, 3.05) is 0 Å². The largest absolute Gasteiger partial charge is 0.489 e. The average Bonchev–Trinajstić information content (AvgIpc) is 3.25. The number of fused-ring (bicyclic) bond motifs is 1. The van der Waals surface area contributed by atoms with Gasteiger partial charge in [0.2, 0.25) is 0 Å². The zero-order valence-corrected chi connectivity index (χ0v) is 18.0. The molecular formula is C26H21ClFN3O. The highest BCUT2D eigenvalue weighted by Gasteiger charge is 2.21. The molecule has 0 radical (unpaired) electrons. The second-order valence-electron chi connectivity index (χ2n) is 7.71. The van der Waals surface area contributed by atoms with Gasteiger partial charge in [0.25, 0.3) is 0 Å². The average molecular weight is 446 g/mol. The molecule has 1 unspecified atom stereocenters. The molecule has 1 atom stereocenters. The topological polar surface area (TPSA) is 50.8 Å². The number of halogens is 2. The molecule has 0 saturated carbocycles. The summed E-state index contributed by atoms with van der Waals surface area (Å²) in [5.41, 5.74) is 4.71. The van der Waals surface area contributed by atoms with Gasteiger partial charge in [0.1, 0.15) is 24.2 Å². The van der Waals surface area contributed by atoms with Crippen molar-refractivity contribution < 1.29 is 9.13 Å². The van der Waals surface area contributed by atoms with E-state index in [-0.39, 0.29) is 0 Å². The lowest BCUT2D eigenvalue weighted by Crippen LogP contribution is -2.01. The zero-order valence-electron chi connectivity index (χ0n) is 17.3. The van der Waals surface area contributed by atoms with Gasteiger partial charge in [-0.05, 0) is 42.0 Å². The van der Waals surface area contributed by atoms with Gasteiger partial charge in [-0.3, -0.25) is 0 Å². The fraction of sp³-hybridized carbons (Fsp3) is 0.154. The minimum atomic E-state index is -1.06. The Morgan fingerprint density at radius 2 is 1.91 bits per heavy atom. The second-order valence-corrected chi connectivity index (χ2v) is 8.14. The summed E-state index contributed by atoms with van der Waals surface area (Å²) in [6.07, 6.45) is 3.50. The first-order valence-corrected chi connectivity index (χ1v) is 10.9. The van der Waals surface area contributed by atoms with E-state index in [1.165, 1.54) is 0 Å². The van der Waals surface area contributed by atoms with Crippen LogP contribution in [0.3, 0.4) is 0 Å². The Morgan fingerprint density at radius 3 is 2.75 bits per heavy atom. The van der Waals surface area contributed by atoms with E-state index in [2.05, 4.69) is 9.97 Å². The molecule has 2 aromatic carbocycles. The number of nitrogens with zero attached hydrogens (tertiary/aromatic N) is 2. The lowest BCUT2D eigenvalue weighted by Gasteiger charge is -2.12. The monoisotopic (exact) mass is 445 g/mol. The van der Waals surface area contributed by atoms with Crippen LogP contribution >= 0.6 is 11.6 Å². The van der Waals surface area contributed by atoms with Gasteiger partial charge in [-0.1, -0.05) is 54.1 Å². The Balaban J connectivity index is 1.39. The van der Waals surface area contributed by atoms with Gasteiger partial charge in [-0.25, -0.2) is 14.4 Å². The van der Waals surface area contributed by atoms with Crippen molar-refractivity contribution in [3.63, 3.8) is 0 Å². The molecule has 1 N–H and O–H groups in total. The first-order chi connectivity index (χ1) is 15.7. The predicted molar refractivity (Wildman–Crippen MR) is 124 cm³/mol. The van der Waals surface area contributed by atoms with Crippen LogP contribution in [0, 0.1) is 0 Å². The molecule has 0 fully saturated rings. The lowest BCUT2D eigenvalue weighted by atomic mass is 10.1. The smallest absolute Gasteiger partial charge is 0.157 e. The fourth-order valence-electron chi connectivity index (χ4n) is 3.77. The first kappa shape index (κ1) is 20.5. The summed E-state index contributed by atoms with van der Waals surface area (Å²) in [5, 5.41) is 0.641. The lowest BCUT2D eigenvalue weighted by molar-refractivity contribution is 0.303. The molecule has 4 nitrogen and oxygen atoms in total. The van der Waals surface area contributed by atoms with Crippen LogP contribution in [0.25, 0.3) is 17.6 Å². The summed E-state index contributed by atoms with van der Waals surface area (Å²) in [7, 11) is 0. The number of rotatable bonds is 6. The Kier molecular flexibility index (Phi) is 5.73. The van der Waals surface area contributed by atoms with Crippen molar-refractivity contribution in [3.05, 3.63) is 106 Å². The Morgan fingerprint density at radius 1 is 1.03 bits per heavy atom. The Labute approximate surface area is 190 Å². The number of ether oxygens (including phenoxy) is 1. The molecule has 160 valence electrons. The van der Waals surface area contributed by atoms with Crippen molar-refractivity contribution in [2.45, 2.75) is 25.6 Å². The molecule has 2 aromatic heterocycles. The third kappa shape index (κ3) is 4.43. The first-order valence-electron chi connectivity index (χ1n) is 10.5. The van der Waals surface area contributed by atoms with Gasteiger partial charge in [0.15, 0.2) is 5.82 Å². The van der Waals surface area contributed by atoms with Crippen molar-refractivity contribution >= 4 is 17.7 Å². The highest BCUT2D eigenvalue weighted by Crippen LogP contribution is 2.31. The predicted octanol–water partition coefficient (Wildman–Crippen LogP) is 6.72. The van der Waals surface area contributed by atoms with Gasteiger partial charge in [-0.2, -0.15) is 0 Å². The number of H-pyrrole nitrogens is 1. The van der Waals surface area contributed by atoms with Crippen LogP contribution in [0.2, 0.25) is 5.02 Å². The van der Waals surface area contributed by atoms with Gasteiger partial charge in [0, 0.05) is 29.1 Å². The third-order valence-corrected chi connectivity index (χ3v) is 5.61. The Bertz CT molecular complexity index is 1270. The third-order valence-electron chi connectivity index (χ3n) is 5.37. The molecule has 0 aliphatic heterocycles. The maximum Gasteiger partial charge on any atom is 0.157 e. The van der Waals surface area contributed by atoms with Crippen LogP contribution in [0.1, 0.15) is 40.8 Å². The summed E-state index contributed by atoms with van der Waals surface area (Å²) in [5.74, 6) is 1.34. The van der Waals surface area contributed by atoms with Gasteiger partial charge < -0.3 is 9.72 Å². The number of nitrogens with one attached hydrogen (secondary N) is 1. The van der Waals surface area contributed by atoms with Crippen LogP contribution in [0.5, 0.6) is 5.75 Å². The minimum absolute atomic E-state index is 0.364. The van der Waals surface area contributed by atoms with E-state index >= 15 is 0 Å². The van der Waals surface area contributed by atoms with E-state index in [4.69, 9.17) is 21.3 Å². The standard InChI is InChI=1S/C26H21ClFN3O/c27-19-12-13-24(32-16-17-6-2-1-3-7-17)18(14-19)15-20-8-4-11-23(29-20)26-30-22-10-5-9-21(28)25(22)31-26/h1-8,10-14,21H,9,15-16H2,(H,30,31). The van der Waals surface area contributed by atoms with Gasteiger partial charge in [-0.15, -0.1) is 0 Å². The Hall–Kier alpha value is -3.44. The molecule has 1 aliphatic carbocycles. The van der Waals surface area contributed by atoms with Crippen LogP contribution < -0.4 is 4.74 Å². The maximum absolute atomic E-state index is 14.2. The number of alkyl halides is 1. The van der Waals surface area contributed by atoms with Crippen LogP contribution in [-0.4, -0.2) is 15.0 Å². The second kappa shape index (κ2) is 8.97. The number of aromatic amines is 1. The summed E-state index contributed by atoms with van der Waals surface area (Å²) in [6.45, 7) is 0.471. The minimum Gasteiger partial charge on any atom is -0.489 e. The van der Waals surface area contributed by atoms with E-state index in [1.54, 1.807) is 6.08 Å². The molecule has 2 heterocycles. The van der Waals surface area contributed by atoms with Crippen molar-refractivity contribution in [2.24, 2.45) is 0 Å². The number of hydrogen-bond acceptors (Lipinski definition) is 3. The number of allylic oxidation sites excluding steroid dienone is 1. The van der Waals surface area contributed by atoms with Crippen molar-refractivity contribution in [1.82, 2.24) is 15.0 Å². The molecule has 0 bridgehead atoms. The molecule has 4 aromatic rings. The van der Waals surface area contributed by atoms with Crippen LogP contribution in [-0.2, 0) is 13.0 Å². The van der Waals surface area contributed by atoms with Crippen LogP contribution in [0.4, 0.5) is 4.39 Å². The highest BCUT2D eigenvalue weighted by molar-refractivity contribution is 6.30. The molecule has 5 rings (SSSR count). The number of imidazole rings is 1. The van der Waals surface area contributed by atoms with Crippen molar-refractivity contribution in [1.29, 1.82) is 0 Å². The summed E-state index contributed by atoms with van der Waals surface area (Å²) in [4.78, 5) is 12.4. The summed E-state index contributed by atoms with van der Waals surface area (Å²) < 4.78 is 20.3. The summed E-state index contributed by atoms with van der Waals surface area (Å²) in [6, 6.07) is 21.4. The van der Waals surface area contributed by atoms with Crippen LogP contribution in [0.15, 0.2) is 72.8 Å². The SMILES string of the molecule is FC1CC=Cc2nc(-c3cccc(Cc4cc(Cl)ccc4OCc4ccccc4)n3)[nH]c21. The normalized spacial score (nSPS) is 14.9.